The zero-order valence-corrected chi connectivity index (χ0v) is 16.7. The van der Waals surface area contributed by atoms with Crippen molar-refractivity contribution in [2.75, 3.05) is 31.1 Å². The minimum atomic E-state index is -4.36. The summed E-state index contributed by atoms with van der Waals surface area (Å²) >= 11 is 0. The molecule has 5 nitrogen and oxygen atoms in total. The van der Waals surface area contributed by atoms with Gasteiger partial charge in [0.15, 0.2) is 0 Å². The molecule has 0 aliphatic carbocycles. The molecule has 0 atom stereocenters. The van der Waals surface area contributed by atoms with Gasteiger partial charge in [-0.1, -0.05) is 25.2 Å². The number of halogens is 3. The number of aromatic amines is 1. The zero-order chi connectivity index (χ0) is 20.9. The molecule has 0 amide bonds. The van der Waals surface area contributed by atoms with Gasteiger partial charge >= 0.3 is 6.18 Å². The fourth-order valence-electron chi connectivity index (χ4n) is 3.42. The Balaban J connectivity index is 0.00000320. The summed E-state index contributed by atoms with van der Waals surface area (Å²) in [6.07, 6.45) is 5.46. The number of nitrogens with one attached hydrogen (secondary N) is 1. The maximum Gasteiger partial charge on any atom is 0.417 e. The van der Waals surface area contributed by atoms with Crippen LogP contribution in [0.4, 0.5) is 19.0 Å². The van der Waals surface area contributed by atoms with Crippen molar-refractivity contribution in [3.8, 4) is 0 Å². The predicted molar refractivity (Wildman–Crippen MR) is 111 cm³/mol. The number of piperazine rings is 1. The van der Waals surface area contributed by atoms with E-state index in [9.17, 15) is 13.2 Å². The molecule has 8 heteroatoms. The molecule has 3 rings (SSSR count). The van der Waals surface area contributed by atoms with Gasteiger partial charge in [-0.3, -0.25) is 10.00 Å². The lowest BCUT2D eigenvalue weighted by Crippen LogP contribution is -2.46. The number of aromatic nitrogens is 3. The van der Waals surface area contributed by atoms with Crippen molar-refractivity contribution in [3.63, 3.8) is 0 Å². The summed E-state index contributed by atoms with van der Waals surface area (Å²) in [4.78, 5) is 8.36. The van der Waals surface area contributed by atoms with Crippen LogP contribution in [0.25, 0.3) is 5.57 Å². The Hall–Kier alpha value is -2.61. The van der Waals surface area contributed by atoms with Crippen molar-refractivity contribution in [1.29, 1.82) is 0 Å². The molecule has 0 unspecified atom stereocenters. The first kappa shape index (κ1) is 21.1. The second kappa shape index (κ2) is 9.26. The molecule has 1 N–H and O–H groups in total. The topological polar surface area (TPSA) is 48.1 Å². The van der Waals surface area contributed by atoms with Crippen LogP contribution >= 0.6 is 0 Å². The minimum Gasteiger partial charge on any atom is -0.354 e. The van der Waals surface area contributed by atoms with Crippen LogP contribution in [0.5, 0.6) is 0 Å². The third-order valence-corrected chi connectivity index (χ3v) is 5.08. The molecule has 1 fully saturated rings. The van der Waals surface area contributed by atoms with Gasteiger partial charge in [0.1, 0.15) is 5.82 Å². The lowest BCUT2D eigenvalue weighted by Gasteiger charge is -2.35. The number of hydrogen-bond donors (Lipinski definition) is 1. The molecule has 1 aliphatic rings. The quantitative estimate of drug-likeness (QED) is 0.702. The van der Waals surface area contributed by atoms with Crippen molar-refractivity contribution in [2.45, 2.75) is 33.0 Å². The van der Waals surface area contributed by atoms with Crippen molar-refractivity contribution >= 4 is 11.4 Å². The van der Waals surface area contributed by atoms with Crippen LogP contribution < -0.4 is 4.90 Å². The molecule has 0 radical (unpaired) electrons. The van der Waals surface area contributed by atoms with E-state index < -0.39 is 11.7 Å². The summed E-state index contributed by atoms with van der Waals surface area (Å²) < 4.78 is 38.1. The molecule has 3 heterocycles. The Morgan fingerprint density at radius 3 is 2.55 bits per heavy atom. The first-order valence-electron chi connectivity index (χ1n) is 9.77. The molecule has 1 saturated heterocycles. The van der Waals surface area contributed by atoms with Crippen molar-refractivity contribution in [2.24, 2.45) is 0 Å². The Labute approximate surface area is 170 Å². The number of rotatable bonds is 6. The monoisotopic (exact) mass is 407 g/mol. The summed E-state index contributed by atoms with van der Waals surface area (Å²) in [7, 11) is 0. The number of anilines is 1. The molecule has 2 aromatic heterocycles. The zero-order valence-electron chi connectivity index (χ0n) is 16.7. The highest BCUT2D eigenvalue weighted by molar-refractivity contribution is 5.66. The van der Waals surface area contributed by atoms with Gasteiger partial charge in [-0.05, 0) is 31.1 Å². The van der Waals surface area contributed by atoms with Gasteiger partial charge in [0.25, 0.3) is 0 Å². The number of allylic oxidation sites excluding steroid dienone is 4. The van der Waals surface area contributed by atoms with Gasteiger partial charge < -0.3 is 4.90 Å². The standard InChI is InChI=1S/C21H26F3N5.H2/c1-3-5-6-16(4-2)20-17(13-26-27-20)15-28-9-11-29(12-10-28)19-8-7-18(14-25-19)21(22,23)24;/h3,5-8,13-14H,4,9-12,15H2,1-2H3,(H,26,27);1H/b5-3-,16-6+;. The smallest absolute Gasteiger partial charge is 0.354 e. The van der Waals surface area contributed by atoms with Gasteiger partial charge in [0.2, 0.25) is 0 Å². The summed E-state index contributed by atoms with van der Waals surface area (Å²) in [6.45, 7) is 7.97. The SMILES string of the molecule is C/C=C\C=C(/CC)c1[nH]ncc1CN1CCN(c2ccc(C(F)(F)F)cn2)CC1.[HH]. The van der Waals surface area contributed by atoms with E-state index in [0.29, 0.717) is 5.82 Å². The highest BCUT2D eigenvalue weighted by Crippen LogP contribution is 2.29. The van der Waals surface area contributed by atoms with E-state index in [0.717, 1.165) is 62.7 Å². The van der Waals surface area contributed by atoms with Gasteiger partial charge in [-0.25, -0.2) is 4.98 Å². The van der Waals surface area contributed by atoms with Crippen LogP contribution in [0, 0.1) is 0 Å². The second-order valence-electron chi connectivity index (χ2n) is 7.01. The number of H-pyrrole nitrogens is 1. The Morgan fingerprint density at radius 2 is 1.97 bits per heavy atom. The maximum atomic E-state index is 12.7. The van der Waals surface area contributed by atoms with Crippen LogP contribution in [-0.2, 0) is 12.7 Å². The van der Waals surface area contributed by atoms with Crippen LogP contribution in [0.15, 0.2) is 42.8 Å². The third kappa shape index (κ3) is 5.26. The number of pyridine rings is 1. The molecule has 2 aromatic rings. The Bertz CT molecular complexity index is 850. The molecule has 29 heavy (non-hydrogen) atoms. The fourth-order valence-corrected chi connectivity index (χ4v) is 3.42. The normalized spacial score (nSPS) is 16.7. The lowest BCUT2D eigenvalue weighted by atomic mass is 10.0. The highest BCUT2D eigenvalue weighted by atomic mass is 19.4. The lowest BCUT2D eigenvalue weighted by molar-refractivity contribution is -0.137. The van der Waals surface area contributed by atoms with E-state index >= 15 is 0 Å². The Kier molecular flexibility index (Phi) is 6.74. The van der Waals surface area contributed by atoms with E-state index in [1.165, 1.54) is 11.6 Å². The van der Waals surface area contributed by atoms with Crippen LogP contribution in [0.3, 0.4) is 0 Å². The van der Waals surface area contributed by atoms with E-state index in [4.69, 9.17) is 0 Å². The molecule has 1 aliphatic heterocycles. The van der Waals surface area contributed by atoms with Gasteiger partial charge in [0, 0.05) is 45.9 Å². The highest BCUT2D eigenvalue weighted by Gasteiger charge is 2.31. The number of nitrogens with zero attached hydrogens (tertiary/aromatic N) is 4. The van der Waals surface area contributed by atoms with Crippen LogP contribution in [0.2, 0.25) is 0 Å². The molecule has 0 saturated carbocycles. The largest absolute Gasteiger partial charge is 0.417 e. The van der Waals surface area contributed by atoms with Crippen molar-refractivity contribution < 1.29 is 14.6 Å². The average Bonchev–Trinajstić information content (AvgIpc) is 3.17. The number of hydrogen-bond acceptors (Lipinski definition) is 4. The predicted octanol–water partition coefficient (Wildman–Crippen LogP) is 4.76. The first-order valence-corrected chi connectivity index (χ1v) is 9.77. The fraction of sp³-hybridized carbons (Fsp3) is 0.429. The first-order chi connectivity index (χ1) is 13.9. The molecule has 0 spiro atoms. The van der Waals surface area contributed by atoms with E-state index in [1.807, 2.05) is 30.2 Å². The molecular weight excluding hydrogens is 379 g/mol. The third-order valence-electron chi connectivity index (χ3n) is 5.08. The molecular formula is C21H28F3N5. The minimum absolute atomic E-state index is 0. The molecule has 158 valence electrons. The summed E-state index contributed by atoms with van der Waals surface area (Å²) in [5.74, 6) is 0.587. The van der Waals surface area contributed by atoms with Crippen molar-refractivity contribution in [3.05, 3.63) is 59.6 Å². The van der Waals surface area contributed by atoms with Gasteiger partial charge in [-0.15, -0.1) is 0 Å². The van der Waals surface area contributed by atoms with E-state index in [2.05, 4.69) is 33.1 Å². The van der Waals surface area contributed by atoms with Gasteiger partial charge in [-0.2, -0.15) is 18.3 Å². The summed E-state index contributed by atoms with van der Waals surface area (Å²) in [6, 6.07) is 2.54. The summed E-state index contributed by atoms with van der Waals surface area (Å²) in [5, 5.41) is 7.34. The number of alkyl halides is 3. The van der Waals surface area contributed by atoms with Crippen molar-refractivity contribution in [1.82, 2.24) is 20.1 Å². The maximum absolute atomic E-state index is 12.7. The molecule has 0 aromatic carbocycles. The Morgan fingerprint density at radius 1 is 1.21 bits per heavy atom. The molecule has 0 bridgehead atoms. The van der Waals surface area contributed by atoms with Crippen LogP contribution in [0.1, 0.15) is 38.5 Å². The second-order valence-corrected chi connectivity index (χ2v) is 7.01. The van der Waals surface area contributed by atoms with E-state index in [1.54, 1.807) is 0 Å². The van der Waals surface area contributed by atoms with Gasteiger partial charge in [0.05, 0.1) is 17.5 Å². The van der Waals surface area contributed by atoms with E-state index in [-0.39, 0.29) is 1.43 Å². The van der Waals surface area contributed by atoms with Crippen LogP contribution in [-0.4, -0.2) is 46.3 Å². The average molecular weight is 407 g/mol. The summed E-state index contributed by atoms with van der Waals surface area (Å²) in [5.41, 5.74) is 2.72.